The van der Waals surface area contributed by atoms with Crippen LogP contribution in [-0.2, 0) is 11.3 Å². The number of benzene rings is 3. The van der Waals surface area contributed by atoms with E-state index >= 15 is 0 Å². The molecule has 1 aliphatic heterocycles. The highest BCUT2D eigenvalue weighted by Gasteiger charge is 2.16. The van der Waals surface area contributed by atoms with Gasteiger partial charge in [0.2, 0.25) is 0 Å². The van der Waals surface area contributed by atoms with Crippen LogP contribution in [0.15, 0.2) is 54.6 Å². The minimum Gasteiger partial charge on any atom is -0.379 e. The summed E-state index contributed by atoms with van der Waals surface area (Å²) >= 11 is 0. The molecule has 1 saturated heterocycles. The Morgan fingerprint density at radius 1 is 1.00 bits per heavy atom. The van der Waals surface area contributed by atoms with Crippen LogP contribution >= 0.6 is 0 Å². The highest BCUT2D eigenvalue weighted by molar-refractivity contribution is 6.10. The largest absolute Gasteiger partial charge is 0.379 e. The highest BCUT2D eigenvalue weighted by atomic mass is 19.1. The van der Waals surface area contributed by atoms with Crippen LogP contribution in [0.2, 0.25) is 0 Å². The summed E-state index contributed by atoms with van der Waals surface area (Å²) in [6.07, 6.45) is 1.92. The number of carbonyl (C=O) groups is 1. The summed E-state index contributed by atoms with van der Waals surface area (Å²) in [7, 11) is 0. The van der Waals surface area contributed by atoms with Gasteiger partial charge in [0.25, 0.3) is 5.91 Å². The molecule has 0 aliphatic carbocycles. The molecular weight excluding hydrogens is 429 g/mol. The molecule has 1 fully saturated rings. The predicted molar refractivity (Wildman–Crippen MR) is 137 cm³/mol. The van der Waals surface area contributed by atoms with E-state index in [0.717, 1.165) is 80.9 Å². The number of halogens is 1. The summed E-state index contributed by atoms with van der Waals surface area (Å²) < 4.78 is 19.9. The third kappa shape index (κ3) is 5.75. The van der Waals surface area contributed by atoms with Crippen molar-refractivity contribution in [2.75, 3.05) is 49.6 Å². The first-order valence-corrected chi connectivity index (χ1v) is 12.3. The van der Waals surface area contributed by atoms with Crippen molar-refractivity contribution in [1.82, 2.24) is 4.90 Å². The summed E-state index contributed by atoms with van der Waals surface area (Å²) in [6.45, 7) is 10.1. The Hall–Kier alpha value is -2.96. The maximum Gasteiger partial charge on any atom is 0.255 e. The fourth-order valence-corrected chi connectivity index (χ4v) is 4.60. The minimum atomic E-state index is -0.398. The second-order valence-electron chi connectivity index (χ2n) is 8.85. The molecule has 0 spiro atoms. The summed E-state index contributed by atoms with van der Waals surface area (Å²) in [6, 6.07) is 16.8. The summed E-state index contributed by atoms with van der Waals surface area (Å²) in [5, 5.41) is 5.13. The molecule has 3 aromatic carbocycles. The Morgan fingerprint density at radius 3 is 2.41 bits per heavy atom. The van der Waals surface area contributed by atoms with Gasteiger partial charge in [-0.1, -0.05) is 44.2 Å². The molecule has 0 aromatic heterocycles. The Kier molecular flexibility index (Phi) is 8.14. The first-order chi connectivity index (χ1) is 16.6. The van der Waals surface area contributed by atoms with Crippen LogP contribution in [0.5, 0.6) is 0 Å². The van der Waals surface area contributed by atoms with Gasteiger partial charge in [-0.05, 0) is 48.1 Å². The van der Waals surface area contributed by atoms with E-state index < -0.39 is 5.82 Å². The SMILES string of the molecule is CCCN(CCC)c1cc(F)cc(C(=O)Nc2ccc(CN3CCOCC3)c3ccccc23)c1. The monoisotopic (exact) mass is 463 g/mol. The maximum atomic E-state index is 14.5. The van der Waals surface area contributed by atoms with Crippen molar-refractivity contribution in [3.8, 4) is 0 Å². The van der Waals surface area contributed by atoms with E-state index in [-0.39, 0.29) is 5.91 Å². The summed E-state index contributed by atoms with van der Waals surface area (Å²) in [4.78, 5) is 17.7. The Bertz CT molecular complexity index is 1120. The molecule has 0 radical (unpaired) electrons. The zero-order valence-electron chi connectivity index (χ0n) is 20.1. The summed E-state index contributed by atoms with van der Waals surface area (Å²) in [5.74, 6) is -0.703. The normalized spacial score (nSPS) is 14.3. The van der Waals surface area contributed by atoms with Gasteiger partial charge >= 0.3 is 0 Å². The number of nitrogens with one attached hydrogen (secondary N) is 1. The van der Waals surface area contributed by atoms with E-state index in [0.29, 0.717) is 5.56 Å². The molecule has 180 valence electrons. The third-order valence-electron chi connectivity index (χ3n) is 6.26. The number of amides is 1. The van der Waals surface area contributed by atoms with E-state index in [4.69, 9.17) is 4.74 Å². The van der Waals surface area contributed by atoms with Crippen LogP contribution in [0, 0.1) is 5.82 Å². The lowest BCUT2D eigenvalue weighted by molar-refractivity contribution is 0.0343. The first-order valence-electron chi connectivity index (χ1n) is 12.3. The van der Waals surface area contributed by atoms with Crippen LogP contribution in [0.4, 0.5) is 15.8 Å². The molecule has 34 heavy (non-hydrogen) atoms. The zero-order valence-corrected chi connectivity index (χ0v) is 20.1. The van der Waals surface area contributed by atoms with Crippen molar-refractivity contribution >= 4 is 28.1 Å². The Labute approximate surface area is 201 Å². The molecule has 0 saturated carbocycles. The van der Waals surface area contributed by atoms with Crippen molar-refractivity contribution in [1.29, 1.82) is 0 Å². The quantitative estimate of drug-likeness (QED) is 0.443. The van der Waals surface area contributed by atoms with Gasteiger partial charge in [0.15, 0.2) is 0 Å². The van der Waals surface area contributed by atoms with Crippen molar-refractivity contribution < 1.29 is 13.9 Å². The Morgan fingerprint density at radius 2 is 1.71 bits per heavy atom. The smallest absolute Gasteiger partial charge is 0.255 e. The molecule has 1 aliphatic rings. The van der Waals surface area contributed by atoms with Gasteiger partial charge in [-0.15, -0.1) is 0 Å². The van der Waals surface area contributed by atoms with Crippen LogP contribution < -0.4 is 10.2 Å². The number of morpholine rings is 1. The van der Waals surface area contributed by atoms with Gasteiger partial charge in [0, 0.05) is 55.0 Å². The van der Waals surface area contributed by atoms with Crippen LogP contribution in [0.3, 0.4) is 0 Å². The van der Waals surface area contributed by atoms with Gasteiger partial charge < -0.3 is 15.0 Å². The molecule has 1 amide bonds. The van der Waals surface area contributed by atoms with E-state index in [9.17, 15) is 9.18 Å². The number of hydrogen-bond acceptors (Lipinski definition) is 4. The molecular formula is C28H34FN3O2. The van der Waals surface area contributed by atoms with Gasteiger partial charge in [-0.2, -0.15) is 0 Å². The molecule has 5 nitrogen and oxygen atoms in total. The number of rotatable bonds is 9. The molecule has 0 unspecified atom stereocenters. The van der Waals surface area contributed by atoms with Crippen molar-refractivity contribution in [3.05, 3.63) is 71.5 Å². The predicted octanol–water partition coefficient (Wildman–Crippen LogP) is 5.69. The second kappa shape index (κ2) is 11.4. The van der Waals surface area contributed by atoms with E-state index in [1.54, 1.807) is 6.07 Å². The number of ether oxygens (including phenoxy) is 1. The highest BCUT2D eigenvalue weighted by Crippen LogP contribution is 2.29. The second-order valence-corrected chi connectivity index (χ2v) is 8.85. The molecule has 3 aromatic rings. The molecule has 0 bridgehead atoms. The molecule has 1 N–H and O–H groups in total. The van der Waals surface area contributed by atoms with Crippen molar-refractivity contribution in [2.24, 2.45) is 0 Å². The minimum absolute atomic E-state index is 0.306. The summed E-state index contributed by atoms with van der Waals surface area (Å²) in [5.41, 5.74) is 3.03. The average Bonchev–Trinajstić information content (AvgIpc) is 2.85. The number of carbonyl (C=O) groups excluding carboxylic acids is 1. The lowest BCUT2D eigenvalue weighted by atomic mass is 10.0. The fraction of sp³-hybridized carbons (Fsp3) is 0.393. The van der Waals surface area contributed by atoms with Gasteiger partial charge in [-0.25, -0.2) is 4.39 Å². The first kappa shape index (κ1) is 24.2. The standard InChI is InChI=1S/C28H34FN3O2/c1-3-11-32(12-4-2)24-18-22(17-23(29)19-24)28(33)30-27-10-9-21(20-31-13-15-34-16-14-31)25-7-5-6-8-26(25)27/h5-10,17-19H,3-4,11-16,20H2,1-2H3,(H,30,33). The fourth-order valence-electron chi connectivity index (χ4n) is 4.60. The van der Waals surface area contributed by atoms with Gasteiger partial charge in [0.05, 0.1) is 13.2 Å². The van der Waals surface area contributed by atoms with Crippen LogP contribution in [0.1, 0.15) is 42.6 Å². The third-order valence-corrected chi connectivity index (χ3v) is 6.26. The van der Waals surface area contributed by atoms with Crippen molar-refractivity contribution in [2.45, 2.75) is 33.2 Å². The van der Waals surface area contributed by atoms with Crippen LogP contribution in [0.25, 0.3) is 10.8 Å². The van der Waals surface area contributed by atoms with E-state index in [2.05, 4.69) is 41.1 Å². The lowest BCUT2D eigenvalue weighted by Crippen LogP contribution is -2.35. The van der Waals surface area contributed by atoms with E-state index in [1.165, 1.54) is 17.7 Å². The molecule has 4 rings (SSSR count). The lowest BCUT2D eigenvalue weighted by Gasteiger charge is -2.27. The average molecular weight is 464 g/mol. The zero-order chi connectivity index (χ0) is 23.9. The van der Waals surface area contributed by atoms with E-state index in [1.807, 2.05) is 24.3 Å². The van der Waals surface area contributed by atoms with Gasteiger partial charge in [0.1, 0.15) is 5.82 Å². The number of nitrogens with zero attached hydrogens (tertiary/aromatic N) is 2. The number of anilines is 2. The molecule has 0 atom stereocenters. The van der Waals surface area contributed by atoms with Crippen molar-refractivity contribution in [3.63, 3.8) is 0 Å². The number of fused-ring (bicyclic) bond motifs is 1. The number of hydrogen-bond donors (Lipinski definition) is 1. The van der Waals surface area contributed by atoms with Gasteiger partial charge in [-0.3, -0.25) is 9.69 Å². The van der Waals surface area contributed by atoms with Crippen LogP contribution in [-0.4, -0.2) is 50.2 Å². The topological polar surface area (TPSA) is 44.8 Å². The maximum absolute atomic E-state index is 14.5. The molecule has 6 heteroatoms. The molecule has 1 heterocycles. The Balaban J connectivity index is 1.59.